The van der Waals surface area contributed by atoms with E-state index in [4.69, 9.17) is 16.3 Å². The van der Waals surface area contributed by atoms with Crippen molar-refractivity contribution >= 4 is 50.9 Å². The lowest BCUT2D eigenvalue weighted by atomic mass is 10.1. The predicted molar refractivity (Wildman–Crippen MR) is 121 cm³/mol. The van der Waals surface area contributed by atoms with Crippen LogP contribution in [0.1, 0.15) is 5.56 Å². The van der Waals surface area contributed by atoms with Crippen molar-refractivity contribution in [3.8, 4) is 11.4 Å². The van der Waals surface area contributed by atoms with Gasteiger partial charge in [-0.1, -0.05) is 39.3 Å². The Morgan fingerprint density at radius 1 is 1.22 bits per heavy atom. The first kappa shape index (κ1) is 24.6. The van der Waals surface area contributed by atoms with Crippen molar-refractivity contribution in [3.05, 3.63) is 57.5 Å². The first-order valence-electron chi connectivity index (χ1n) is 9.16. The van der Waals surface area contributed by atoms with Crippen LogP contribution in [0.3, 0.4) is 0 Å². The zero-order chi connectivity index (χ0) is 23.3. The molecule has 1 heterocycles. The number of thioether (sulfide) groups is 1. The summed E-state index contributed by atoms with van der Waals surface area (Å²) in [6, 6.07) is 10.6. The van der Waals surface area contributed by atoms with Crippen LogP contribution in [0.2, 0.25) is 5.02 Å². The van der Waals surface area contributed by atoms with Crippen LogP contribution in [0, 0.1) is 0 Å². The van der Waals surface area contributed by atoms with Crippen LogP contribution in [-0.4, -0.2) is 40.1 Å². The molecule has 1 aromatic heterocycles. The van der Waals surface area contributed by atoms with Gasteiger partial charge < -0.3 is 10.1 Å². The molecule has 0 spiro atoms. The number of anilines is 1. The molecule has 0 radical (unpaired) electrons. The number of methoxy groups -OCH3 is 1. The summed E-state index contributed by atoms with van der Waals surface area (Å²) in [5.74, 6) is -0.190. The Kier molecular flexibility index (Phi) is 8.21. The number of nitrogens with one attached hydrogen (secondary N) is 1. The van der Waals surface area contributed by atoms with Crippen LogP contribution < -0.4 is 5.32 Å². The monoisotopic (exact) mass is 548 g/mol. The molecule has 3 rings (SSSR count). The lowest BCUT2D eigenvalue weighted by Crippen LogP contribution is -2.18. The summed E-state index contributed by atoms with van der Waals surface area (Å²) in [6.07, 6.45) is -4.60. The molecule has 0 unspecified atom stereocenters. The van der Waals surface area contributed by atoms with Crippen molar-refractivity contribution in [2.24, 2.45) is 0 Å². The van der Waals surface area contributed by atoms with Crippen LogP contribution in [-0.2, 0) is 22.3 Å². The SMILES string of the molecule is COCCn1c(SCC(=O)Nc2ccc(Br)cc2C(F)(F)F)nnc1-c1ccc(Cl)cc1. The first-order chi connectivity index (χ1) is 15.2. The molecule has 3 aromatic rings. The first-order valence-corrected chi connectivity index (χ1v) is 11.3. The topological polar surface area (TPSA) is 69.0 Å². The average molecular weight is 550 g/mol. The molecule has 170 valence electrons. The predicted octanol–water partition coefficient (Wildman–Crippen LogP) is 5.76. The number of halogens is 5. The minimum absolute atomic E-state index is 0.154. The number of carbonyl (C=O) groups excluding carboxylic acids is 1. The third-order valence-electron chi connectivity index (χ3n) is 4.23. The van der Waals surface area contributed by atoms with Gasteiger partial charge >= 0.3 is 6.18 Å². The van der Waals surface area contributed by atoms with Crippen LogP contribution in [0.25, 0.3) is 11.4 Å². The number of nitrogens with zero attached hydrogens (tertiary/aromatic N) is 3. The maximum absolute atomic E-state index is 13.3. The molecule has 1 N–H and O–H groups in total. The highest BCUT2D eigenvalue weighted by Crippen LogP contribution is 2.36. The molecule has 6 nitrogen and oxygen atoms in total. The van der Waals surface area contributed by atoms with Gasteiger partial charge in [-0.25, -0.2) is 0 Å². The maximum atomic E-state index is 13.3. The van der Waals surface area contributed by atoms with E-state index in [1.807, 2.05) is 0 Å². The summed E-state index contributed by atoms with van der Waals surface area (Å²) >= 11 is 10.0. The Morgan fingerprint density at radius 3 is 2.59 bits per heavy atom. The molecule has 1 amide bonds. The highest BCUT2D eigenvalue weighted by molar-refractivity contribution is 9.10. The number of ether oxygens (including phenoxy) is 1. The van der Waals surface area contributed by atoms with E-state index in [0.29, 0.717) is 29.2 Å². The fourth-order valence-corrected chi connectivity index (χ4v) is 4.02. The van der Waals surface area contributed by atoms with Gasteiger partial charge in [-0.05, 0) is 42.5 Å². The third-order valence-corrected chi connectivity index (χ3v) is 5.94. The van der Waals surface area contributed by atoms with Crippen molar-refractivity contribution in [3.63, 3.8) is 0 Å². The molecule has 0 aliphatic carbocycles. The second kappa shape index (κ2) is 10.7. The van der Waals surface area contributed by atoms with E-state index in [1.165, 1.54) is 12.1 Å². The second-order valence-electron chi connectivity index (χ2n) is 6.48. The van der Waals surface area contributed by atoms with Crippen LogP contribution >= 0.6 is 39.3 Å². The highest BCUT2D eigenvalue weighted by Gasteiger charge is 2.34. The van der Waals surface area contributed by atoms with E-state index in [1.54, 1.807) is 35.9 Å². The number of amides is 1. The molecule has 0 fully saturated rings. The lowest BCUT2D eigenvalue weighted by Gasteiger charge is -2.14. The molecule has 12 heteroatoms. The van der Waals surface area contributed by atoms with E-state index in [2.05, 4.69) is 31.4 Å². The molecular formula is C20H17BrClF3N4O2S. The Labute approximate surface area is 199 Å². The van der Waals surface area contributed by atoms with Crippen LogP contribution in [0.5, 0.6) is 0 Å². The number of rotatable bonds is 8. The Balaban J connectivity index is 1.75. The van der Waals surface area contributed by atoms with E-state index in [-0.39, 0.29) is 15.9 Å². The summed E-state index contributed by atoms with van der Waals surface area (Å²) in [5.41, 5.74) is -0.466. The van der Waals surface area contributed by atoms with Gasteiger partial charge in [0, 0.05) is 22.2 Å². The molecule has 0 aliphatic heterocycles. The summed E-state index contributed by atoms with van der Waals surface area (Å²) in [6.45, 7) is 0.808. The maximum Gasteiger partial charge on any atom is 0.418 e. The van der Waals surface area contributed by atoms with Gasteiger partial charge in [0.15, 0.2) is 11.0 Å². The smallest absolute Gasteiger partial charge is 0.383 e. The molecule has 0 aliphatic rings. The number of aromatic nitrogens is 3. The number of alkyl halides is 3. The summed E-state index contributed by atoms with van der Waals surface area (Å²) in [4.78, 5) is 12.4. The minimum atomic E-state index is -4.60. The summed E-state index contributed by atoms with van der Waals surface area (Å²) in [7, 11) is 1.56. The van der Waals surface area contributed by atoms with Gasteiger partial charge in [-0.3, -0.25) is 9.36 Å². The van der Waals surface area contributed by atoms with Gasteiger partial charge in [0.25, 0.3) is 0 Å². The Bertz CT molecular complexity index is 1090. The molecule has 32 heavy (non-hydrogen) atoms. The van der Waals surface area contributed by atoms with E-state index < -0.39 is 17.6 Å². The summed E-state index contributed by atoms with van der Waals surface area (Å²) < 4.78 is 47.0. The molecule has 2 aromatic carbocycles. The number of benzene rings is 2. The van der Waals surface area contributed by atoms with Crippen LogP contribution in [0.15, 0.2) is 52.1 Å². The Hall–Kier alpha value is -2.08. The van der Waals surface area contributed by atoms with Gasteiger partial charge in [-0.2, -0.15) is 13.2 Å². The van der Waals surface area contributed by atoms with E-state index >= 15 is 0 Å². The lowest BCUT2D eigenvalue weighted by molar-refractivity contribution is -0.137. The molecular weight excluding hydrogens is 533 g/mol. The van der Waals surface area contributed by atoms with Gasteiger partial charge in [0.2, 0.25) is 5.91 Å². The fraction of sp³-hybridized carbons (Fsp3) is 0.250. The zero-order valence-corrected chi connectivity index (χ0v) is 19.8. The number of hydrogen-bond acceptors (Lipinski definition) is 5. The highest BCUT2D eigenvalue weighted by atomic mass is 79.9. The van der Waals surface area contributed by atoms with E-state index in [0.717, 1.165) is 23.4 Å². The molecule has 0 atom stereocenters. The van der Waals surface area contributed by atoms with Crippen molar-refractivity contribution in [1.82, 2.24) is 14.8 Å². The zero-order valence-electron chi connectivity index (χ0n) is 16.6. The largest absolute Gasteiger partial charge is 0.418 e. The van der Waals surface area contributed by atoms with Crippen LogP contribution in [0.4, 0.5) is 18.9 Å². The van der Waals surface area contributed by atoms with E-state index in [9.17, 15) is 18.0 Å². The minimum Gasteiger partial charge on any atom is -0.383 e. The number of carbonyl (C=O) groups is 1. The normalized spacial score (nSPS) is 11.6. The van der Waals surface area contributed by atoms with Crippen molar-refractivity contribution in [1.29, 1.82) is 0 Å². The summed E-state index contributed by atoms with van der Waals surface area (Å²) in [5, 5.41) is 11.7. The van der Waals surface area contributed by atoms with Gasteiger partial charge in [0.05, 0.1) is 30.2 Å². The molecule has 0 saturated heterocycles. The van der Waals surface area contributed by atoms with Gasteiger partial charge in [0.1, 0.15) is 0 Å². The number of hydrogen-bond donors (Lipinski definition) is 1. The second-order valence-corrected chi connectivity index (χ2v) is 8.78. The van der Waals surface area contributed by atoms with Crippen molar-refractivity contribution < 1.29 is 22.7 Å². The van der Waals surface area contributed by atoms with Crippen molar-refractivity contribution in [2.75, 3.05) is 24.8 Å². The van der Waals surface area contributed by atoms with Gasteiger partial charge in [-0.15, -0.1) is 10.2 Å². The molecule has 0 bridgehead atoms. The third kappa shape index (κ3) is 6.25. The Morgan fingerprint density at radius 2 is 1.94 bits per heavy atom. The quantitative estimate of drug-likeness (QED) is 0.362. The standard InChI is InChI=1S/C20H17BrClF3N4O2S/c1-31-9-8-29-18(12-2-5-14(22)6-3-12)27-28-19(29)32-11-17(30)26-16-7-4-13(21)10-15(16)20(23,24)25/h2-7,10H,8-9,11H2,1H3,(H,26,30). The van der Waals surface area contributed by atoms with Crippen molar-refractivity contribution in [2.45, 2.75) is 17.9 Å². The average Bonchev–Trinajstić information content (AvgIpc) is 3.14. The molecule has 0 saturated carbocycles. The fourth-order valence-electron chi connectivity index (χ4n) is 2.77.